The normalized spacial score (nSPS) is 19.6. The number of fused-ring (bicyclic) bond motifs is 3. The van der Waals surface area contributed by atoms with Crippen molar-refractivity contribution in [2.75, 3.05) is 18.0 Å². The lowest BCUT2D eigenvalue weighted by molar-refractivity contribution is 0.0935. The maximum Gasteiger partial charge on any atom is 0.261 e. The Bertz CT molecular complexity index is 1140. The number of hydrogen-bond acceptors (Lipinski definition) is 6. The third kappa shape index (κ3) is 3.76. The summed E-state index contributed by atoms with van der Waals surface area (Å²) < 4.78 is 0. The number of carbonyl (C=O) groups is 1. The molecule has 0 spiro atoms. The molecule has 3 aromatic heterocycles. The Hall–Kier alpha value is -1.99. The van der Waals surface area contributed by atoms with Crippen LogP contribution in [0.25, 0.3) is 10.2 Å². The minimum atomic E-state index is 0.0731. The monoisotopic (exact) mass is 452 g/mol. The number of piperidine rings is 1. The first-order chi connectivity index (χ1) is 15.2. The first kappa shape index (κ1) is 19.7. The summed E-state index contributed by atoms with van der Waals surface area (Å²) in [6, 6.07) is 4.19. The van der Waals surface area contributed by atoms with E-state index in [1.54, 1.807) is 11.3 Å². The Morgan fingerprint density at radius 2 is 1.87 bits per heavy atom. The van der Waals surface area contributed by atoms with Crippen LogP contribution in [0, 0.1) is 6.92 Å². The number of nitrogens with one attached hydrogen (secondary N) is 1. The van der Waals surface area contributed by atoms with Crippen molar-refractivity contribution in [2.45, 2.75) is 70.3 Å². The zero-order valence-corrected chi connectivity index (χ0v) is 19.6. The predicted molar refractivity (Wildman–Crippen MR) is 128 cm³/mol. The summed E-state index contributed by atoms with van der Waals surface area (Å²) in [6.45, 7) is 3.92. The van der Waals surface area contributed by atoms with Gasteiger partial charge < -0.3 is 10.2 Å². The smallest absolute Gasteiger partial charge is 0.261 e. The fourth-order valence-corrected chi connectivity index (χ4v) is 6.99. The minimum Gasteiger partial charge on any atom is -0.356 e. The number of anilines is 1. The second-order valence-electron chi connectivity index (χ2n) is 9.22. The van der Waals surface area contributed by atoms with Gasteiger partial charge in [0.15, 0.2) is 0 Å². The Balaban J connectivity index is 1.24. The van der Waals surface area contributed by atoms with Crippen LogP contribution in [0.1, 0.15) is 75.3 Å². The van der Waals surface area contributed by atoms with Crippen LogP contribution in [0.5, 0.6) is 0 Å². The van der Waals surface area contributed by atoms with Gasteiger partial charge in [0, 0.05) is 34.8 Å². The van der Waals surface area contributed by atoms with Crippen molar-refractivity contribution in [1.29, 1.82) is 0 Å². The van der Waals surface area contributed by atoms with E-state index in [0.29, 0.717) is 5.92 Å². The van der Waals surface area contributed by atoms with Gasteiger partial charge in [-0.05, 0) is 76.0 Å². The van der Waals surface area contributed by atoms with Crippen LogP contribution in [0.15, 0.2) is 12.1 Å². The second-order valence-corrected chi connectivity index (χ2v) is 11.6. The van der Waals surface area contributed by atoms with Gasteiger partial charge in [0.25, 0.3) is 5.91 Å². The van der Waals surface area contributed by atoms with Crippen LogP contribution in [-0.4, -0.2) is 35.0 Å². The molecular formula is C24H28N4OS2. The lowest BCUT2D eigenvalue weighted by Gasteiger charge is -2.34. The third-order valence-corrected chi connectivity index (χ3v) is 9.03. The molecule has 6 rings (SSSR count). The van der Waals surface area contributed by atoms with Gasteiger partial charge in [0.2, 0.25) is 0 Å². The fourth-order valence-electron chi connectivity index (χ4n) is 4.96. The molecule has 1 aliphatic heterocycles. The van der Waals surface area contributed by atoms with E-state index >= 15 is 0 Å². The summed E-state index contributed by atoms with van der Waals surface area (Å²) >= 11 is 3.48. The van der Waals surface area contributed by atoms with Gasteiger partial charge in [0.05, 0.1) is 10.3 Å². The SMILES string of the molecule is Cc1ccc(C(=O)NC2CCN(c3nc(C4CC4)nc4sc5c(c34)CCCC5)CC2)s1. The number of rotatable bonds is 4. The second kappa shape index (κ2) is 7.85. The van der Waals surface area contributed by atoms with Gasteiger partial charge in [-0.1, -0.05) is 0 Å². The molecule has 0 bridgehead atoms. The van der Waals surface area contributed by atoms with Gasteiger partial charge in [-0.15, -0.1) is 22.7 Å². The Kier molecular flexibility index (Phi) is 4.98. The Morgan fingerprint density at radius 1 is 1.06 bits per heavy atom. The highest BCUT2D eigenvalue weighted by atomic mass is 32.1. The van der Waals surface area contributed by atoms with Crippen LogP contribution in [0.3, 0.4) is 0 Å². The molecule has 1 saturated carbocycles. The molecule has 31 heavy (non-hydrogen) atoms. The number of carbonyl (C=O) groups excluding carboxylic acids is 1. The molecular weight excluding hydrogens is 424 g/mol. The number of amides is 1. The molecule has 3 aromatic rings. The molecule has 0 atom stereocenters. The zero-order chi connectivity index (χ0) is 20.9. The Morgan fingerprint density at radius 3 is 2.61 bits per heavy atom. The molecule has 162 valence electrons. The van der Waals surface area contributed by atoms with E-state index < -0.39 is 0 Å². The molecule has 1 N–H and O–H groups in total. The summed E-state index contributed by atoms with van der Waals surface area (Å²) in [6.07, 6.45) is 9.33. The number of thiophene rings is 2. The van der Waals surface area contributed by atoms with Crippen molar-refractivity contribution >= 4 is 44.6 Å². The quantitative estimate of drug-likeness (QED) is 0.590. The maximum absolute atomic E-state index is 12.6. The number of hydrogen-bond donors (Lipinski definition) is 1. The summed E-state index contributed by atoms with van der Waals surface area (Å²) in [5, 5.41) is 4.59. The van der Waals surface area contributed by atoms with E-state index in [9.17, 15) is 4.79 Å². The topological polar surface area (TPSA) is 58.1 Å². The summed E-state index contributed by atoms with van der Waals surface area (Å²) in [5.74, 6) is 2.87. The number of nitrogens with zero attached hydrogens (tertiary/aromatic N) is 3. The van der Waals surface area contributed by atoms with Crippen molar-refractivity contribution < 1.29 is 4.79 Å². The fraction of sp³-hybridized carbons (Fsp3) is 0.542. The maximum atomic E-state index is 12.6. The molecule has 1 amide bonds. The molecule has 4 heterocycles. The Labute approximate surface area is 190 Å². The van der Waals surface area contributed by atoms with Crippen LogP contribution in [-0.2, 0) is 12.8 Å². The average molecular weight is 453 g/mol. The van der Waals surface area contributed by atoms with Crippen LogP contribution >= 0.6 is 22.7 Å². The van der Waals surface area contributed by atoms with Crippen molar-refractivity contribution in [3.05, 3.63) is 38.2 Å². The molecule has 7 heteroatoms. The number of aromatic nitrogens is 2. The summed E-state index contributed by atoms with van der Waals surface area (Å²) in [5.41, 5.74) is 1.52. The lowest BCUT2D eigenvalue weighted by atomic mass is 9.96. The highest BCUT2D eigenvalue weighted by Gasteiger charge is 2.32. The molecule has 0 aromatic carbocycles. The first-order valence-electron chi connectivity index (χ1n) is 11.6. The van der Waals surface area contributed by atoms with Crippen molar-refractivity contribution in [3.8, 4) is 0 Å². The van der Waals surface area contributed by atoms with E-state index in [0.717, 1.165) is 36.6 Å². The minimum absolute atomic E-state index is 0.0731. The van der Waals surface area contributed by atoms with Crippen molar-refractivity contribution in [1.82, 2.24) is 15.3 Å². The van der Waals surface area contributed by atoms with Gasteiger partial charge in [-0.25, -0.2) is 9.97 Å². The zero-order valence-electron chi connectivity index (χ0n) is 17.9. The van der Waals surface area contributed by atoms with Gasteiger partial charge in [0.1, 0.15) is 16.5 Å². The van der Waals surface area contributed by atoms with E-state index in [-0.39, 0.29) is 11.9 Å². The third-order valence-electron chi connectivity index (χ3n) is 6.85. The molecule has 3 aliphatic rings. The van der Waals surface area contributed by atoms with Crippen LogP contribution < -0.4 is 10.2 Å². The summed E-state index contributed by atoms with van der Waals surface area (Å²) in [7, 11) is 0. The molecule has 2 fully saturated rings. The summed E-state index contributed by atoms with van der Waals surface area (Å²) in [4.78, 5) is 29.9. The van der Waals surface area contributed by atoms with E-state index in [1.807, 2.05) is 30.4 Å². The number of aryl methyl sites for hydroxylation is 3. The highest BCUT2D eigenvalue weighted by molar-refractivity contribution is 7.19. The first-order valence-corrected chi connectivity index (χ1v) is 13.2. The van der Waals surface area contributed by atoms with E-state index in [4.69, 9.17) is 9.97 Å². The van der Waals surface area contributed by atoms with Gasteiger partial charge in [-0.2, -0.15) is 0 Å². The van der Waals surface area contributed by atoms with E-state index in [1.165, 1.54) is 69.9 Å². The molecule has 2 aliphatic carbocycles. The lowest BCUT2D eigenvalue weighted by Crippen LogP contribution is -2.45. The van der Waals surface area contributed by atoms with Crippen molar-refractivity contribution in [2.24, 2.45) is 0 Å². The van der Waals surface area contributed by atoms with Gasteiger partial charge in [-0.3, -0.25) is 4.79 Å². The standard InChI is InChI=1S/C24H28N4OS2/c1-14-6-9-19(30-14)23(29)25-16-10-12-28(13-11-16)22-20-17-4-2-3-5-18(17)31-24(20)27-21(26-22)15-7-8-15/h6,9,15-16H,2-5,7-8,10-13H2,1H3,(H,25,29). The average Bonchev–Trinajstić information content (AvgIpc) is 3.44. The van der Waals surface area contributed by atoms with Crippen molar-refractivity contribution in [3.63, 3.8) is 0 Å². The molecule has 5 nitrogen and oxygen atoms in total. The highest BCUT2D eigenvalue weighted by Crippen LogP contribution is 2.44. The molecule has 0 unspecified atom stereocenters. The largest absolute Gasteiger partial charge is 0.356 e. The molecule has 1 saturated heterocycles. The van der Waals surface area contributed by atoms with Gasteiger partial charge >= 0.3 is 0 Å². The van der Waals surface area contributed by atoms with E-state index in [2.05, 4.69) is 10.2 Å². The van der Waals surface area contributed by atoms with Crippen LogP contribution in [0.2, 0.25) is 0 Å². The van der Waals surface area contributed by atoms with Crippen LogP contribution in [0.4, 0.5) is 5.82 Å². The predicted octanol–water partition coefficient (Wildman–Crippen LogP) is 5.22. The molecule has 0 radical (unpaired) electrons.